The van der Waals surface area contributed by atoms with Crippen LogP contribution in [0.25, 0.3) is 22.0 Å². The van der Waals surface area contributed by atoms with Crippen molar-refractivity contribution in [3.63, 3.8) is 0 Å². The molecule has 3 N–H and O–H groups in total. The molecule has 0 aliphatic carbocycles. The molecule has 2 aromatic carbocycles. The second kappa shape index (κ2) is 11.3. The van der Waals surface area contributed by atoms with Gasteiger partial charge in [-0.15, -0.1) is 0 Å². The number of carbonyl (C=O) groups excluding carboxylic acids is 3. The molecule has 8 heteroatoms. The maximum atomic E-state index is 12.5. The molecule has 0 bridgehead atoms. The Bertz CT molecular complexity index is 1120. The smallest absolute Gasteiger partial charge is 0.258 e. The third-order valence-electron chi connectivity index (χ3n) is 5.41. The topological polar surface area (TPSA) is 113 Å². The van der Waals surface area contributed by atoms with E-state index >= 15 is 0 Å². The second-order valence-corrected chi connectivity index (χ2v) is 8.40. The van der Waals surface area contributed by atoms with E-state index < -0.39 is 0 Å². The molecular formula is C25H30N4O4. The van der Waals surface area contributed by atoms with Crippen LogP contribution >= 0.6 is 0 Å². The van der Waals surface area contributed by atoms with E-state index in [0.29, 0.717) is 30.1 Å². The van der Waals surface area contributed by atoms with Crippen LogP contribution in [0.4, 0.5) is 0 Å². The summed E-state index contributed by atoms with van der Waals surface area (Å²) in [5.41, 5.74) is 3.07. The van der Waals surface area contributed by atoms with Gasteiger partial charge in [0.05, 0.1) is 17.3 Å². The van der Waals surface area contributed by atoms with E-state index in [9.17, 15) is 14.4 Å². The van der Waals surface area contributed by atoms with Crippen molar-refractivity contribution in [1.29, 1.82) is 0 Å². The molecule has 0 radical (unpaired) electrons. The van der Waals surface area contributed by atoms with Crippen LogP contribution in [0.1, 0.15) is 43.5 Å². The maximum Gasteiger partial charge on any atom is 0.258 e. The fourth-order valence-electron chi connectivity index (χ4n) is 3.82. The average Bonchev–Trinajstić information content (AvgIpc) is 3.29. The van der Waals surface area contributed by atoms with Gasteiger partial charge < -0.3 is 15.4 Å². The van der Waals surface area contributed by atoms with Crippen molar-refractivity contribution in [2.45, 2.75) is 39.2 Å². The average molecular weight is 451 g/mol. The van der Waals surface area contributed by atoms with Crippen molar-refractivity contribution in [1.82, 2.24) is 20.8 Å². The number of benzene rings is 2. The number of rotatable bonds is 11. The van der Waals surface area contributed by atoms with E-state index in [4.69, 9.17) is 4.74 Å². The number of nitrogens with one attached hydrogen (secondary N) is 3. The molecule has 33 heavy (non-hydrogen) atoms. The Morgan fingerprint density at radius 1 is 1.18 bits per heavy atom. The summed E-state index contributed by atoms with van der Waals surface area (Å²) in [5, 5.41) is 13.5. The number of H-pyrrole nitrogens is 1. The normalized spacial score (nSPS) is 11.9. The molecule has 1 unspecified atom stereocenters. The van der Waals surface area contributed by atoms with Crippen LogP contribution in [0.5, 0.6) is 5.75 Å². The molecule has 0 aliphatic heterocycles. The molecule has 1 heterocycles. The highest BCUT2D eigenvalue weighted by Crippen LogP contribution is 2.30. The third kappa shape index (κ3) is 6.41. The van der Waals surface area contributed by atoms with Crippen molar-refractivity contribution < 1.29 is 19.1 Å². The molecule has 0 spiro atoms. The van der Waals surface area contributed by atoms with Crippen molar-refractivity contribution in [2.75, 3.05) is 13.7 Å². The van der Waals surface area contributed by atoms with Gasteiger partial charge in [0.15, 0.2) is 12.9 Å². The molecular weight excluding hydrogens is 420 g/mol. The minimum atomic E-state index is -0.290. The van der Waals surface area contributed by atoms with Crippen molar-refractivity contribution in [3.8, 4) is 16.9 Å². The van der Waals surface area contributed by atoms with Gasteiger partial charge in [0.2, 0.25) is 5.91 Å². The lowest BCUT2D eigenvalue weighted by atomic mass is 9.99. The first-order chi connectivity index (χ1) is 15.9. The van der Waals surface area contributed by atoms with Gasteiger partial charge in [-0.1, -0.05) is 32.0 Å². The second-order valence-electron chi connectivity index (χ2n) is 8.40. The molecule has 0 aliphatic rings. The minimum Gasteiger partial charge on any atom is -0.483 e. The van der Waals surface area contributed by atoms with Gasteiger partial charge >= 0.3 is 0 Å². The molecule has 174 valence electrons. The third-order valence-corrected chi connectivity index (χ3v) is 5.41. The molecule has 2 amide bonds. The predicted octanol–water partition coefficient (Wildman–Crippen LogP) is 3.48. The van der Waals surface area contributed by atoms with Gasteiger partial charge in [-0.3, -0.25) is 19.5 Å². The predicted molar refractivity (Wildman–Crippen MR) is 127 cm³/mol. The first-order valence-corrected chi connectivity index (χ1v) is 11.1. The fraction of sp³-hybridized carbons (Fsp3) is 0.360. The summed E-state index contributed by atoms with van der Waals surface area (Å²) in [7, 11) is 1.59. The van der Waals surface area contributed by atoms with E-state index in [0.717, 1.165) is 34.7 Å². The summed E-state index contributed by atoms with van der Waals surface area (Å²) in [5.74, 6) is 0.363. The van der Waals surface area contributed by atoms with Crippen molar-refractivity contribution >= 4 is 29.0 Å². The molecule has 0 saturated heterocycles. The van der Waals surface area contributed by atoms with Crippen LogP contribution in [0.15, 0.2) is 42.6 Å². The largest absolute Gasteiger partial charge is 0.483 e. The number of hydrogen-bond donors (Lipinski definition) is 3. The van der Waals surface area contributed by atoms with Gasteiger partial charge in [0.1, 0.15) is 5.75 Å². The number of aromatic amines is 1. The van der Waals surface area contributed by atoms with E-state index in [-0.39, 0.29) is 24.5 Å². The van der Waals surface area contributed by atoms with Crippen molar-refractivity contribution in [2.24, 2.45) is 5.92 Å². The molecule has 0 fully saturated rings. The maximum absolute atomic E-state index is 12.5. The van der Waals surface area contributed by atoms with E-state index in [2.05, 4.69) is 34.7 Å². The first-order valence-electron chi connectivity index (χ1n) is 11.1. The number of ether oxygens (including phenoxy) is 1. The zero-order chi connectivity index (χ0) is 23.8. The summed E-state index contributed by atoms with van der Waals surface area (Å²) in [6.45, 7) is 3.92. The molecule has 1 aromatic heterocycles. The lowest BCUT2D eigenvalue weighted by molar-refractivity contribution is -0.125. The lowest BCUT2D eigenvalue weighted by Crippen LogP contribution is -2.39. The highest BCUT2D eigenvalue weighted by molar-refractivity contribution is 5.95. The minimum absolute atomic E-state index is 0.0592. The summed E-state index contributed by atoms with van der Waals surface area (Å²) < 4.78 is 5.66. The zero-order valence-corrected chi connectivity index (χ0v) is 19.2. The highest BCUT2D eigenvalue weighted by Gasteiger charge is 2.17. The number of amides is 2. The van der Waals surface area contributed by atoms with Gasteiger partial charge in [0, 0.05) is 24.9 Å². The highest BCUT2D eigenvalue weighted by atomic mass is 16.5. The van der Waals surface area contributed by atoms with Crippen LogP contribution in [-0.4, -0.2) is 48.0 Å². The molecule has 0 saturated carbocycles. The number of hydrogen-bond acceptors (Lipinski definition) is 5. The molecule has 3 aromatic rings. The van der Waals surface area contributed by atoms with Crippen LogP contribution in [0.2, 0.25) is 0 Å². The quantitative estimate of drug-likeness (QED) is 0.387. The van der Waals surface area contributed by atoms with Crippen LogP contribution in [0, 0.1) is 5.92 Å². The van der Waals surface area contributed by atoms with Gasteiger partial charge in [0.25, 0.3) is 5.91 Å². The summed E-state index contributed by atoms with van der Waals surface area (Å²) >= 11 is 0. The Balaban J connectivity index is 1.66. The Morgan fingerprint density at radius 3 is 2.73 bits per heavy atom. The number of carbonyl (C=O) groups is 3. The Hall–Kier alpha value is -3.68. The van der Waals surface area contributed by atoms with Crippen LogP contribution in [0.3, 0.4) is 0 Å². The SMILES string of the molecule is CNC(=O)CCC(CC(C)C)NC(=O)COc1ccc(-c2cccc3[nH]ncc23)cc1C=O. The summed E-state index contributed by atoms with van der Waals surface area (Å²) in [6.07, 6.45) is 4.12. The Morgan fingerprint density at radius 2 is 2.00 bits per heavy atom. The Kier molecular flexibility index (Phi) is 8.18. The van der Waals surface area contributed by atoms with Gasteiger partial charge in [-0.2, -0.15) is 5.10 Å². The van der Waals surface area contributed by atoms with E-state index in [1.54, 1.807) is 25.4 Å². The first kappa shape index (κ1) is 24.0. The lowest BCUT2D eigenvalue weighted by Gasteiger charge is -2.20. The van der Waals surface area contributed by atoms with E-state index in [1.165, 1.54) is 0 Å². The summed E-state index contributed by atoms with van der Waals surface area (Å²) in [6, 6.07) is 11.0. The number of fused-ring (bicyclic) bond motifs is 1. The van der Waals surface area contributed by atoms with Crippen molar-refractivity contribution in [3.05, 3.63) is 48.2 Å². The standard InChI is InChI=1S/C25H30N4O4/c1-16(2)11-19(8-10-24(31)26-3)28-25(32)15-33-23-9-7-17(12-18(23)14-30)20-5-4-6-22-21(20)13-27-29-22/h4-7,9,12-14,16,19H,8,10-11,15H2,1-3H3,(H,26,31)(H,27,29)(H,28,32). The number of aldehydes is 1. The molecule has 3 rings (SSSR count). The van der Waals surface area contributed by atoms with Crippen LogP contribution in [-0.2, 0) is 9.59 Å². The molecule has 1 atom stereocenters. The van der Waals surface area contributed by atoms with Crippen LogP contribution < -0.4 is 15.4 Å². The fourth-order valence-corrected chi connectivity index (χ4v) is 3.82. The number of aromatic nitrogens is 2. The van der Waals surface area contributed by atoms with Gasteiger partial charge in [-0.05, 0) is 48.1 Å². The summed E-state index contributed by atoms with van der Waals surface area (Å²) in [4.78, 5) is 35.8. The van der Waals surface area contributed by atoms with Gasteiger partial charge in [-0.25, -0.2) is 0 Å². The molecule has 8 nitrogen and oxygen atoms in total. The zero-order valence-electron chi connectivity index (χ0n) is 19.2. The number of nitrogens with zero attached hydrogens (tertiary/aromatic N) is 1. The Labute approximate surface area is 193 Å². The monoisotopic (exact) mass is 450 g/mol. The van der Waals surface area contributed by atoms with E-state index in [1.807, 2.05) is 24.3 Å².